The van der Waals surface area contributed by atoms with Crippen molar-refractivity contribution in [3.63, 3.8) is 0 Å². The Morgan fingerprint density at radius 1 is 0.651 bits per heavy atom. The van der Waals surface area contributed by atoms with Crippen LogP contribution in [0.5, 0.6) is 11.5 Å². The molecule has 43 heavy (non-hydrogen) atoms. The van der Waals surface area contributed by atoms with Crippen LogP contribution in [0.2, 0.25) is 0 Å². The molecule has 0 N–H and O–H groups in total. The fourth-order valence-corrected chi connectivity index (χ4v) is 5.51. The van der Waals surface area contributed by atoms with Crippen LogP contribution in [0, 0.1) is 0 Å². The second kappa shape index (κ2) is 12.7. The first-order valence-electron chi connectivity index (χ1n) is 14.2. The maximum Gasteiger partial charge on any atom is 1.00 e. The molecule has 0 fully saturated rings. The summed E-state index contributed by atoms with van der Waals surface area (Å²) in [5, 5.41) is 15.9. The molecule has 0 amide bonds. The van der Waals surface area contributed by atoms with Crippen molar-refractivity contribution >= 4 is 27.6 Å². The average molecular weight is 578 g/mol. The Balaban J connectivity index is 0.00000368. The molecule has 6 rings (SSSR count). The Hall–Kier alpha value is -4.03. The molecule has 6 heteroatoms. The number of carbonyl (C=O) groups excluding carboxylic acids is 1. The van der Waals surface area contributed by atoms with Gasteiger partial charge in [0, 0.05) is 16.6 Å². The summed E-state index contributed by atoms with van der Waals surface area (Å²) in [6.45, 7) is 7.95. The summed E-state index contributed by atoms with van der Waals surface area (Å²) in [5.74, 6) is 0.295. The number of carbonyl (C=O) groups is 1. The standard InChI is InChI=1S/C37H33NO4.Na/c1-23(2)41-31-16-10-26(11-17-31)29-14-20-33-34(22-29)38(30-15-9-25-7-5-6-8-28(25)21-30)36(37(39)40)35(33)27-12-18-32(19-13-27)42-24(3)4;/h5-24H,1-4H3,(H,39,40);/q;+1/p-1. The molecular formula is C37H32NNaO4. The van der Waals surface area contributed by atoms with Crippen LogP contribution >= 0.6 is 0 Å². The smallest absolute Gasteiger partial charge is 0.543 e. The number of fused-ring (bicyclic) bond motifs is 2. The van der Waals surface area contributed by atoms with Crippen molar-refractivity contribution in [2.45, 2.75) is 39.9 Å². The predicted octanol–water partition coefficient (Wildman–Crippen LogP) is 5.06. The van der Waals surface area contributed by atoms with Gasteiger partial charge in [-0.25, -0.2) is 0 Å². The van der Waals surface area contributed by atoms with Gasteiger partial charge in [-0.3, -0.25) is 0 Å². The molecule has 0 bridgehead atoms. The second-order valence-electron chi connectivity index (χ2n) is 11.0. The van der Waals surface area contributed by atoms with Crippen molar-refractivity contribution < 1.29 is 48.9 Å². The molecule has 1 heterocycles. The number of carboxylic acids is 1. The molecule has 1 aromatic heterocycles. The van der Waals surface area contributed by atoms with Crippen LogP contribution in [0.1, 0.15) is 38.2 Å². The third kappa shape index (κ3) is 6.21. The second-order valence-corrected chi connectivity index (χ2v) is 11.0. The number of aromatic nitrogens is 1. The number of ether oxygens (including phenoxy) is 2. The van der Waals surface area contributed by atoms with Crippen LogP contribution in [0.25, 0.3) is 49.6 Å². The number of rotatable bonds is 8. The molecule has 0 saturated heterocycles. The first kappa shape index (κ1) is 30.4. The monoisotopic (exact) mass is 577 g/mol. The Kier molecular flexibility index (Phi) is 8.97. The number of hydrogen-bond acceptors (Lipinski definition) is 4. The van der Waals surface area contributed by atoms with Crippen LogP contribution in [0.15, 0.2) is 109 Å². The third-order valence-corrected chi connectivity index (χ3v) is 7.23. The van der Waals surface area contributed by atoms with Crippen molar-refractivity contribution in [2.75, 3.05) is 0 Å². The van der Waals surface area contributed by atoms with Crippen molar-refractivity contribution in [1.29, 1.82) is 0 Å². The fraction of sp³-hybridized carbons (Fsp3) is 0.162. The van der Waals surface area contributed by atoms with Crippen LogP contribution in [0.3, 0.4) is 0 Å². The Morgan fingerprint density at radius 3 is 1.79 bits per heavy atom. The zero-order valence-electron chi connectivity index (χ0n) is 25.1. The SMILES string of the molecule is CC(C)Oc1ccc(-c2ccc3c(-c4ccc(OC(C)C)cc4)c(C(=O)[O-])n(-c4ccc5ccccc5c4)c3c2)cc1.[Na+]. The normalized spacial score (nSPS) is 11.2. The Labute approximate surface area is 274 Å². The number of carboxylic acid groups (broad SMARTS) is 1. The van der Waals surface area contributed by atoms with E-state index in [1.165, 1.54) is 0 Å². The minimum Gasteiger partial charge on any atom is -0.543 e. The van der Waals surface area contributed by atoms with E-state index in [9.17, 15) is 9.90 Å². The maximum absolute atomic E-state index is 12.9. The molecule has 0 aliphatic carbocycles. The summed E-state index contributed by atoms with van der Waals surface area (Å²) in [7, 11) is 0. The quantitative estimate of drug-likeness (QED) is 0.237. The van der Waals surface area contributed by atoms with E-state index >= 15 is 0 Å². The number of benzene rings is 5. The van der Waals surface area contributed by atoms with Gasteiger partial charge in [0.1, 0.15) is 11.5 Å². The topological polar surface area (TPSA) is 63.5 Å². The van der Waals surface area contributed by atoms with Crippen LogP contribution in [-0.2, 0) is 0 Å². The van der Waals surface area contributed by atoms with Crippen LogP contribution in [0.4, 0.5) is 0 Å². The van der Waals surface area contributed by atoms with Gasteiger partial charge < -0.3 is 23.9 Å². The maximum atomic E-state index is 12.9. The summed E-state index contributed by atoms with van der Waals surface area (Å²) >= 11 is 0. The van der Waals surface area contributed by atoms with E-state index < -0.39 is 5.97 Å². The van der Waals surface area contributed by atoms with Crippen molar-refractivity contribution in [1.82, 2.24) is 4.57 Å². The molecule has 5 nitrogen and oxygen atoms in total. The molecule has 0 unspecified atom stereocenters. The number of hydrogen-bond donors (Lipinski definition) is 0. The van der Waals surface area contributed by atoms with Gasteiger partial charge in [-0.05, 0) is 97.6 Å². The summed E-state index contributed by atoms with van der Waals surface area (Å²) in [5.41, 5.74) is 5.00. The predicted molar refractivity (Wildman–Crippen MR) is 168 cm³/mol. The summed E-state index contributed by atoms with van der Waals surface area (Å²) in [4.78, 5) is 12.9. The van der Waals surface area contributed by atoms with Gasteiger partial charge in [0.15, 0.2) is 0 Å². The van der Waals surface area contributed by atoms with Gasteiger partial charge in [-0.2, -0.15) is 0 Å². The molecule has 0 saturated carbocycles. The number of nitrogens with zero attached hydrogens (tertiary/aromatic N) is 1. The van der Waals surface area contributed by atoms with Gasteiger partial charge in [-0.1, -0.05) is 66.7 Å². The molecule has 0 atom stereocenters. The molecule has 0 aliphatic rings. The Morgan fingerprint density at radius 2 is 1.21 bits per heavy atom. The van der Waals surface area contributed by atoms with E-state index in [1.807, 2.05) is 135 Å². The summed E-state index contributed by atoms with van der Waals surface area (Å²) < 4.78 is 13.5. The zero-order chi connectivity index (χ0) is 29.4. The Bertz CT molecular complexity index is 1900. The van der Waals surface area contributed by atoms with Gasteiger partial charge in [0.2, 0.25) is 0 Å². The van der Waals surface area contributed by atoms with E-state index in [0.717, 1.165) is 55.6 Å². The molecule has 210 valence electrons. The molecule has 0 radical (unpaired) electrons. The van der Waals surface area contributed by atoms with Gasteiger partial charge >= 0.3 is 29.6 Å². The number of aromatic carboxylic acids is 1. The first-order valence-corrected chi connectivity index (χ1v) is 14.2. The summed E-state index contributed by atoms with van der Waals surface area (Å²) in [6, 6.07) is 35.7. The average Bonchev–Trinajstić information content (AvgIpc) is 3.32. The largest absolute Gasteiger partial charge is 1.00 e. The molecule has 0 spiro atoms. The van der Waals surface area contributed by atoms with Crippen molar-refractivity contribution in [2.24, 2.45) is 0 Å². The van der Waals surface area contributed by atoms with Gasteiger partial charge in [-0.15, -0.1) is 0 Å². The van der Waals surface area contributed by atoms with Gasteiger partial charge in [0.05, 0.1) is 29.4 Å². The minimum absolute atomic E-state index is 0. The van der Waals surface area contributed by atoms with Crippen LogP contribution < -0.4 is 44.1 Å². The first-order chi connectivity index (χ1) is 20.3. The molecule has 6 aromatic rings. The van der Waals surface area contributed by atoms with E-state index in [-0.39, 0.29) is 47.5 Å². The molecule has 5 aromatic carbocycles. The van der Waals surface area contributed by atoms with E-state index in [2.05, 4.69) is 6.07 Å². The minimum atomic E-state index is -1.24. The summed E-state index contributed by atoms with van der Waals surface area (Å²) in [6.07, 6.45) is 0.124. The molecule has 0 aliphatic heterocycles. The third-order valence-electron chi connectivity index (χ3n) is 7.23. The van der Waals surface area contributed by atoms with E-state index in [0.29, 0.717) is 5.56 Å². The fourth-order valence-electron chi connectivity index (χ4n) is 5.51. The molecular weight excluding hydrogens is 545 g/mol. The van der Waals surface area contributed by atoms with E-state index in [4.69, 9.17) is 9.47 Å². The van der Waals surface area contributed by atoms with Crippen LogP contribution in [-0.4, -0.2) is 22.7 Å². The van der Waals surface area contributed by atoms with Crippen molar-refractivity contribution in [3.8, 4) is 39.4 Å². The van der Waals surface area contributed by atoms with E-state index in [1.54, 1.807) is 0 Å². The van der Waals surface area contributed by atoms with Gasteiger partial charge in [0.25, 0.3) is 0 Å². The van der Waals surface area contributed by atoms with Crippen molar-refractivity contribution in [3.05, 3.63) is 115 Å². The zero-order valence-corrected chi connectivity index (χ0v) is 27.1.